The Bertz CT molecular complexity index is 754. The lowest BCUT2D eigenvalue weighted by Gasteiger charge is -2.09. The van der Waals surface area contributed by atoms with Crippen molar-refractivity contribution in [3.8, 4) is 10.4 Å². The van der Waals surface area contributed by atoms with Crippen LogP contribution < -0.4 is 0 Å². The molecule has 0 bridgehead atoms. The van der Waals surface area contributed by atoms with Gasteiger partial charge in [-0.05, 0) is 43.5 Å². The van der Waals surface area contributed by atoms with Gasteiger partial charge < -0.3 is 0 Å². The Kier molecular flexibility index (Phi) is 3.03. The zero-order chi connectivity index (χ0) is 13.6. The van der Waals surface area contributed by atoms with E-state index >= 15 is 0 Å². The fourth-order valence-corrected chi connectivity index (χ4v) is 3.94. The van der Waals surface area contributed by atoms with Crippen molar-refractivity contribution < 1.29 is 0 Å². The fraction of sp³-hybridized carbons (Fsp3) is 0.200. The summed E-state index contributed by atoms with van der Waals surface area (Å²) in [6, 6.07) is 6.51. The van der Waals surface area contributed by atoms with Crippen LogP contribution in [0.4, 0.5) is 0 Å². The van der Waals surface area contributed by atoms with Gasteiger partial charge in [0.25, 0.3) is 0 Å². The number of thiophene rings is 1. The van der Waals surface area contributed by atoms with Gasteiger partial charge in [0.1, 0.15) is 11.5 Å². The average Bonchev–Trinajstić information content (AvgIpc) is 2.72. The highest BCUT2D eigenvalue weighted by Crippen LogP contribution is 2.38. The normalized spacial score (nSPS) is 11.2. The van der Waals surface area contributed by atoms with Gasteiger partial charge in [-0.15, -0.1) is 11.3 Å². The van der Waals surface area contributed by atoms with Crippen LogP contribution in [0.15, 0.2) is 24.5 Å². The molecule has 0 saturated heterocycles. The zero-order valence-electron chi connectivity index (χ0n) is 11.0. The summed E-state index contributed by atoms with van der Waals surface area (Å²) in [4.78, 5) is 9.52. The van der Waals surface area contributed by atoms with Crippen molar-refractivity contribution in [3.63, 3.8) is 0 Å². The van der Waals surface area contributed by atoms with Crippen LogP contribution in [0.2, 0.25) is 5.15 Å². The van der Waals surface area contributed by atoms with Crippen LogP contribution in [-0.2, 0) is 0 Å². The van der Waals surface area contributed by atoms with E-state index in [1.165, 1.54) is 33.5 Å². The van der Waals surface area contributed by atoms with Crippen molar-refractivity contribution in [1.29, 1.82) is 0 Å². The SMILES string of the molecule is Cc1cc(C)c(-c2cc3ncnc(Cl)c3s2)c(C)c1. The molecule has 19 heavy (non-hydrogen) atoms. The summed E-state index contributed by atoms with van der Waals surface area (Å²) in [5, 5.41) is 0.531. The molecule has 0 aliphatic heterocycles. The van der Waals surface area contributed by atoms with Gasteiger partial charge in [-0.3, -0.25) is 0 Å². The predicted molar refractivity (Wildman–Crippen MR) is 82.1 cm³/mol. The molecule has 0 saturated carbocycles. The van der Waals surface area contributed by atoms with Gasteiger partial charge in [-0.1, -0.05) is 29.3 Å². The van der Waals surface area contributed by atoms with E-state index in [1.807, 2.05) is 0 Å². The Balaban J connectivity index is 2.28. The molecule has 0 spiro atoms. The Hall–Kier alpha value is -1.45. The first-order chi connectivity index (χ1) is 9.06. The molecule has 96 valence electrons. The molecule has 0 aliphatic rings. The van der Waals surface area contributed by atoms with Crippen molar-refractivity contribution >= 4 is 33.2 Å². The van der Waals surface area contributed by atoms with Crippen LogP contribution in [0.25, 0.3) is 20.7 Å². The molecule has 0 radical (unpaired) electrons. The maximum atomic E-state index is 6.12. The maximum Gasteiger partial charge on any atom is 0.150 e. The lowest BCUT2D eigenvalue weighted by atomic mass is 9.99. The molecule has 4 heteroatoms. The Morgan fingerprint density at radius 1 is 1.00 bits per heavy atom. The van der Waals surface area contributed by atoms with E-state index < -0.39 is 0 Å². The van der Waals surface area contributed by atoms with Crippen LogP contribution >= 0.6 is 22.9 Å². The van der Waals surface area contributed by atoms with E-state index in [0.717, 1.165) is 10.2 Å². The first-order valence-electron chi connectivity index (χ1n) is 6.04. The Morgan fingerprint density at radius 2 is 1.68 bits per heavy atom. The van der Waals surface area contributed by atoms with Gasteiger partial charge in [-0.25, -0.2) is 9.97 Å². The molecule has 2 nitrogen and oxygen atoms in total. The van der Waals surface area contributed by atoms with Gasteiger partial charge in [-0.2, -0.15) is 0 Å². The van der Waals surface area contributed by atoms with E-state index in [9.17, 15) is 0 Å². The Labute approximate surface area is 121 Å². The quantitative estimate of drug-likeness (QED) is 0.593. The molecule has 3 rings (SSSR count). The van der Waals surface area contributed by atoms with Gasteiger partial charge in [0.2, 0.25) is 0 Å². The van der Waals surface area contributed by atoms with Gasteiger partial charge in [0.15, 0.2) is 0 Å². The number of benzene rings is 1. The van der Waals surface area contributed by atoms with Gasteiger partial charge in [0.05, 0.1) is 10.2 Å². The number of rotatable bonds is 1. The van der Waals surface area contributed by atoms with Crippen molar-refractivity contribution in [2.45, 2.75) is 20.8 Å². The van der Waals surface area contributed by atoms with Crippen molar-refractivity contribution in [1.82, 2.24) is 9.97 Å². The van der Waals surface area contributed by atoms with E-state index in [-0.39, 0.29) is 0 Å². The molecule has 0 fully saturated rings. The van der Waals surface area contributed by atoms with Crippen LogP contribution in [0, 0.1) is 20.8 Å². The predicted octanol–water partition coefficient (Wildman–Crippen LogP) is 4.94. The van der Waals surface area contributed by atoms with Crippen LogP contribution in [0.1, 0.15) is 16.7 Å². The molecule has 0 amide bonds. The van der Waals surface area contributed by atoms with Crippen molar-refractivity contribution in [2.75, 3.05) is 0 Å². The molecule has 0 atom stereocenters. The summed E-state index contributed by atoms with van der Waals surface area (Å²) in [6.07, 6.45) is 1.51. The molecule has 0 aliphatic carbocycles. The monoisotopic (exact) mass is 288 g/mol. The molecule has 2 aromatic heterocycles. The van der Waals surface area contributed by atoms with E-state index in [4.69, 9.17) is 11.6 Å². The standard InChI is InChI=1S/C15H13ClN2S/c1-8-4-9(2)13(10(3)5-8)12-6-11-14(19-12)15(16)18-7-17-11/h4-7H,1-3H3. The number of hydrogen-bond donors (Lipinski definition) is 0. The molecule has 1 aromatic carbocycles. The smallest absolute Gasteiger partial charge is 0.150 e. The van der Waals surface area contributed by atoms with E-state index in [1.54, 1.807) is 11.3 Å². The first-order valence-corrected chi connectivity index (χ1v) is 7.24. The average molecular weight is 289 g/mol. The lowest BCUT2D eigenvalue weighted by molar-refractivity contribution is 1.23. The molecule has 3 aromatic rings. The van der Waals surface area contributed by atoms with Crippen LogP contribution in [0.5, 0.6) is 0 Å². The van der Waals surface area contributed by atoms with Crippen molar-refractivity contribution in [3.05, 3.63) is 46.4 Å². The largest absolute Gasteiger partial charge is 0.235 e. The number of nitrogens with zero attached hydrogens (tertiary/aromatic N) is 2. The topological polar surface area (TPSA) is 25.8 Å². The molecular formula is C15H13ClN2S. The molecular weight excluding hydrogens is 276 g/mol. The summed E-state index contributed by atoms with van der Waals surface area (Å²) >= 11 is 7.78. The minimum absolute atomic E-state index is 0.531. The number of aromatic nitrogens is 2. The highest BCUT2D eigenvalue weighted by molar-refractivity contribution is 7.22. The number of hydrogen-bond acceptors (Lipinski definition) is 3. The Morgan fingerprint density at radius 3 is 2.32 bits per heavy atom. The van der Waals surface area contributed by atoms with Gasteiger partial charge in [0, 0.05) is 4.88 Å². The number of fused-ring (bicyclic) bond motifs is 1. The van der Waals surface area contributed by atoms with Gasteiger partial charge >= 0.3 is 0 Å². The third-order valence-corrected chi connectivity index (χ3v) is 4.74. The highest BCUT2D eigenvalue weighted by Gasteiger charge is 2.12. The van der Waals surface area contributed by atoms with E-state index in [2.05, 4.69) is 48.9 Å². The molecule has 0 N–H and O–H groups in total. The zero-order valence-corrected chi connectivity index (χ0v) is 12.6. The number of halogens is 1. The second kappa shape index (κ2) is 4.58. The van der Waals surface area contributed by atoms with Crippen LogP contribution in [-0.4, -0.2) is 9.97 Å². The second-order valence-corrected chi connectivity index (χ2v) is 6.17. The van der Waals surface area contributed by atoms with Crippen LogP contribution in [0.3, 0.4) is 0 Å². The summed E-state index contributed by atoms with van der Waals surface area (Å²) < 4.78 is 0.957. The minimum atomic E-state index is 0.531. The first kappa shape index (κ1) is 12.6. The third-order valence-electron chi connectivity index (χ3n) is 3.19. The minimum Gasteiger partial charge on any atom is -0.235 e. The maximum absolute atomic E-state index is 6.12. The third kappa shape index (κ3) is 2.13. The molecule has 0 unspecified atom stereocenters. The summed E-state index contributed by atoms with van der Waals surface area (Å²) in [7, 11) is 0. The lowest BCUT2D eigenvalue weighted by Crippen LogP contribution is -1.87. The van der Waals surface area contributed by atoms with E-state index in [0.29, 0.717) is 5.15 Å². The fourth-order valence-electron chi connectivity index (χ4n) is 2.52. The summed E-state index contributed by atoms with van der Waals surface area (Å²) in [5.41, 5.74) is 6.06. The molecule has 2 heterocycles. The summed E-state index contributed by atoms with van der Waals surface area (Å²) in [5.74, 6) is 0. The summed E-state index contributed by atoms with van der Waals surface area (Å²) in [6.45, 7) is 6.41. The van der Waals surface area contributed by atoms with Crippen molar-refractivity contribution in [2.24, 2.45) is 0 Å². The highest BCUT2D eigenvalue weighted by atomic mass is 35.5. The second-order valence-electron chi connectivity index (χ2n) is 4.76. The number of aryl methyl sites for hydroxylation is 3.